The maximum absolute atomic E-state index is 13.7. The number of amides is 1. The lowest BCUT2D eigenvalue weighted by molar-refractivity contribution is -0.114. The van der Waals surface area contributed by atoms with E-state index in [9.17, 15) is 13.6 Å². The molecule has 0 aliphatic rings. The van der Waals surface area contributed by atoms with Gasteiger partial charge in [-0.3, -0.25) is 9.48 Å². The van der Waals surface area contributed by atoms with Gasteiger partial charge in [0.2, 0.25) is 11.7 Å². The van der Waals surface area contributed by atoms with E-state index in [4.69, 9.17) is 0 Å². The fourth-order valence-electron chi connectivity index (χ4n) is 2.87. The summed E-state index contributed by atoms with van der Waals surface area (Å²) in [6, 6.07) is 3.09. The van der Waals surface area contributed by atoms with Gasteiger partial charge in [0.05, 0.1) is 11.7 Å². The van der Waals surface area contributed by atoms with Crippen LogP contribution >= 0.6 is 0 Å². The Morgan fingerprint density at radius 2 is 2.03 bits per heavy atom. The quantitative estimate of drug-likeness (QED) is 0.567. The zero-order valence-corrected chi connectivity index (χ0v) is 15.8. The van der Waals surface area contributed by atoms with Crippen LogP contribution in [0.1, 0.15) is 19.7 Å². The van der Waals surface area contributed by atoms with E-state index in [1.165, 1.54) is 23.9 Å². The van der Waals surface area contributed by atoms with Crippen LogP contribution in [0.5, 0.6) is 0 Å². The molecule has 11 heteroatoms. The lowest BCUT2D eigenvalue weighted by Crippen LogP contribution is -2.14. The number of halogens is 2. The van der Waals surface area contributed by atoms with E-state index in [1.807, 2.05) is 0 Å². The summed E-state index contributed by atoms with van der Waals surface area (Å²) in [6.45, 7) is 2.09. The Morgan fingerprint density at radius 1 is 1.24 bits per heavy atom. The van der Waals surface area contributed by atoms with Crippen molar-refractivity contribution in [2.45, 2.75) is 19.8 Å². The Labute approximate surface area is 163 Å². The SMILES string of the molecule is CC(=O)Nc1cc2c(cn1)c(-c1cnn(C)c1)nn2-c1ccnc(C(C)(F)F)n1. The van der Waals surface area contributed by atoms with E-state index in [0.29, 0.717) is 22.4 Å². The maximum atomic E-state index is 13.7. The van der Waals surface area contributed by atoms with E-state index in [0.717, 1.165) is 12.5 Å². The standard InChI is InChI=1S/C18H16F2N8O/c1-10(29)24-14-6-13-12(8-22-14)16(11-7-23-27(3)9-11)26-28(13)15-4-5-21-17(25-15)18(2,19)20/h4-9H,1-3H3,(H,22,24,29). The van der Waals surface area contributed by atoms with Gasteiger partial charge in [-0.1, -0.05) is 0 Å². The largest absolute Gasteiger partial charge is 0.311 e. The number of pyridine rings is 1. The zero-order chi connectivity index (χ0) is 20.8. The third-order valence-electron chi connectivity index (χ3n) is 4.10. The number of carbonyl (C=O) groups is 1. The first-order valence-electron chi connectivity index (χ1n) is 8.59. The Balaban J connectivity index is 1.96. The molecule has 1 N–H and O–H groups in total. The molecule has 0 saturated heterocycles. The number of carbonyl (C=O) groups excluding carboxylic acids is 1. The number of alkyl halides is 2. The highest BCUT2D eigenvalue weighted by Crippen LogP contribution is 2.31. The first kappa shape index (κ1) is 18.6. The Hall–Kier alpha value is -3.76. The number of rotatable bonds is 4. The zero-order valence-electron chi connectivity index (χ0n) is 15.8. The van der Waals surface area contributed by atoms with E-state index in [2.05, 4.69) is 30.5 Å². The van der Waals surface area contributed by atoms with Crippen molar-refractivity contribution < 1.29 is 13.6 Å². The summed E-state index contributed by atoms with van der Waals surface area (Å²) in [6.07, 6.45) is 6.23. The van der Waals surface area contributed by atoms with Gasteiger partial charge >= 0.3 is 5.92 Å². The molecule has 4 heterocycles. The smallest absolute Gasteiger partial charge is 0.303 e. The lowest BCUT2D eigenvalue weighted by atomic mass is 10.2. The van der Waals surface area contributed by atoms with Gasteiger partial charge in [-0.05, 0) is 0 Å². The van der Waals surface area contributed by atoms with Gasteiger partial charge in [-0.25, -0.2) is 19.6 Å². The molecule has 0 saturated carbocycles. The van der Waals surface area contributed by atoms with Crippen molar-refractivity contribution in [1.82, 2.24) is 34.5 Å². The van der Waals surface area contributed by atoms with E-state index in [-0.39, 0.29) is 11.7 Å². The summed E-state index contributed by atoms with van der Waals surface area (Å²) in [5.74, 6) is -3.63. The topological polar surface area (TPSA) is 103 Å². The summed E-state index contributed by atoms with van der Waals surface area (Å²) in [5, 5.41) is 12.0. The molecule has 0 bridgehead atoms. The van der Waals surface area contributed by atoms with Crippen LogP contribution in [0.2, 0.25) is 0 Å². The molecule has 0 spiro atoms. The number of aromatic nitrogens is 7. The van der Waals surface area contributed by atoms with Crippen LogP contribution in [0.3, 0.4) is 0 Å². The van der Waals surface area contributed by atoms with Crippen LogP contribution in [0.4, 0.5) is 14.6 Å². The first-order chi connectivity index (χ1) is 13.7. The molecule has 0 aromatic carbocycles. The van der Waals surface area contributed by atoms with Crippen molar-refractivity contribution >= 4 is 22.6 Å². The lowest BCUT2D eigenvalue weighted by Gasteiger charge is -2.10. The minimum atomic E-state index is -3.20. The minimum Gasteiger partial charge on any atom is -0.311 e. The van der Waals surface area contributed by atoms with Gasteiger partial charge in [0.1, 0.15) is 11.5 Å². The maximum Gasteiger partial charge on any atom is 0.303 e. The molecule has 4 aromatic rings. The molecule has 0 aliphatic heterocycles. The molecular weight excluding hydrogens is 382 g/mol. The first-order valence-corrected chi connectivity index (χ1v) is 8.59. The van der Waals surface area contributed by atoms with E-state index in [1.54, 1.807) is 36.4 Å². The molecule has 0 aliphatic carbocycles. The molecule has 29 heavy (non-hydrogen) atoms. The summed E-state index contributed by atoms with van der Waals surface area (Å²) in [5.41, 5.74) is 1.81. The second-order valence-electron chi connectivity index (χ2n) is 6.56. The van der Waals surface area contributed by atoms with Gasteiger partial charge in [0.25, 0.3) is 0 Å². The molecule has 0 fully saturated rings. The fraction of sp³-hybridized carbons (Fsp3) is 0.222. The molecule has 0 unspecified atom stereocenters. The molecule has 148 valence electrons. The number of hydrogen-bond acceptors (Lipinski definition) is 6. The summed E-state index contributed by atoms with van der Waals surface area (Å²) in [4.78, 5) is 23.3. The van der Waals surface area contributed by atoms with Crippen LogP contribution in [0.15, 0.2) is 36.9 Å². The molecule has 4 rings (SSSR count). The number of fused-ring (bicyclic) bond motifs is 1. The van der Waals surface area contributed by atoms with Crippen LogP contribution in [-0.2, 0) is 17.8 Å². The van der Waals surface area contributed by atoms with Gasteiger partial charge in [0.15, 0.2) is 5.82 Å². The molecule has 9 nitrogen and oxygen atoms in total. The number of hydrogen-bond donors (Lipinski definition) is 1. The summed E-state index contributed by atoms with van der Waals surface area (Å²) in [7, 11) is 1.77. The van der Waals surface area contributed by atoms with Crippen molar-refractivity contribution in [3.05, 3.63) is 42.7 Å². The summed E-state index contributed by atoms with van der Waals surface area (Å²) < 4.78 is 30.5. The number of aryl methyl sites for hydroxylation is 1. The predicted molar refractivity (Wildman–Crippen MR) is 101 cm³/mol. The average molecular weight is 398 g/mol. The van der Waals surface area contributed by atoms with E-state index < -0.39 is 11.7 Å². The fourth-order valence-corrected chi connectivity index (χ4v) is 2.87. The number of nitrogens with one attached hydrogen (secondary N) is 1. The van der Waals surface area contributed by atoms with Crippen LogP contribution < -0.4 is 5.32 Å². The van der Waals surface area contributed by atoms with Crippen molar-refractivity contribution in [3.63, 3.8) is 0 Å². The highest BCUT2D eigenvalue weighted by molar-refractivity contribution is 5.96. The molecule has 0 radical (unpaired) electrons. The van der Waals surface area contributed by atoms with Crippen molar-refractivity contribution in [1.29, 1.82) is 0 Å². The van der Waals surface area contributed by atoms with Gasteiger partial charge < -0.3 is 5.32 Å². The molecule has 4 aromatic heterocycles. The second-order valence-corrected chi connectivity index (χ2v) is 6.56. The third kappa shape index (κ3) is 3.53. The normalized spacial score (nSPS) is 11.8. The van der Waals surface area contributed by atoms with Crippen LogP contribution in [0, 0.1) is 0 Å². The third-order valence-corrected chi connectivity index (χ3v) is 4.10. The van der Waals surface area contributed by atoms with E-state index >= 15 is 0 Å². The molecule has 0 atom stereocenters. The molecular formula is C18H16F2N8O. The van der Waals surface area contributed by atoms with Gasteiger partial charge in [-0.15, -0.1) is 0 Å². The average Bonchev–Trinajstić information content (AvgIpc) is 3.24. The Bertz CT molecular complexity index is 1220. The molecule has 1 amide bonds. The summed E-state index contributed by atoms with van der Waals surface area (Å²) >= 11 is 0. The Kier molecular flexibility index (Phi) is 4.29. The highest BCUT2D eigenvalue weighted by atomic mass is 19.3. The van der Waals surface area contributed by atoms with Crippen LogP contribution in [-0.4, -0.2) is 40.4 Å². The van der Waals surface area contributed by atoms with Crippen molar-refractivity contribution in [2.75, 3.05) is 5.32 Å². The number of anilines is 1. The van der Waals surface area contributed by atoms with Crippen molar-refractivity contribution in [3.8, 4) is 17.1 Å². The Morgan fingerprint density at radius 3 is 2.69 bits per heavy atom. The highest BCUT2D eigenvalue weighted by Gasteiger charge is 2.29. The number of nitrogens with zero attached hydrogens (tertiary/aromatic N) is 7. The van der Waals surface area contributed by atoms with Gasteiger partial charge in [0, 0.05) is 62.6 Å². The monoisotopic (exact) mass is 398 g/mol. The second kappa shape index (κ2) is 6.69. The van der Waals surface area contributed by atoms with Gasteiger partial charge in [-0.2, -0.15) is 19.0 Å². The van der Waals surface area contributed by atoms with Crippen molar-refractivity contribution in [2.24, 2.45) is 7.05 Å². The predicted octanol–water partition coefficient (Wildman–Crippen LogP) is 2.68. The van der Waals surface area contributed by atoms with Crippen LogP contribution in [0.25, 0.3) is 28.0 Å². The minimum absolute atomic E-state index is 0.164.